The van der Waals surface area contributed by atoms with E-state index in [2.05, 4.69) is 5.32 Å². The molecule has 0 heterocycles. The molecule has 0 radical (unpaired) electrons. The van der Waals surface area contributed by atoms with Crippen LogP contribution in [0.1, 0.15) is 43.2 Å². The second-order valence-electron chi connectivity index (χ2n) is 7.30. The molecule has 2 aromatic carbocycles. The zero-order chi connectivity index (χ0) is 21.3. The van der Waals surface area contributed by atoms with E-state index in [0.29, 0.717) is 28.7 Å². The summed E-state index contributed by atoms with van der Waals surface area (Å²) in [4.78, 5) is 12.5. The summed E-state index contributed by atoms with van der Waals surface area (Å²) in [5.41, 5.74) is 1.76. The fourth-order valence-electron chi connectivity index (χ4n) is 3.46. The van der Waals surface area contributed by atoms with E-state index in [1.807, 2.05) is 30.3 Å². The Balaban J connectivity index is 1.69. The maximum atomic E-state index is 12.5. The number of ether oxygens (including phenoxy) is 2. The Bertz CT molecular complexity index is 942. The number of benzene rings is 2. The van der Waals surface area contributed by atoms with Gasteiger partial charge in [0.25, 0.3) is 5.91 Å². The van der Waals surface area contributed by atoms with E-state index in [0.717, 1.165) is 31.2 Å². The van der Waals surface area contributed by atoms with Crippen molar-refractivity contribution in [2.24, 2.45) is 0 Å². The number of nitriles is 1. The summed E-state index contributed by atoms with van der Waals surface area (Å²) < 4.78 is 11.3. The smallest absolute Gasteiger partial charge is 0.262 e. The second-order valence-corrected chi connectivity index (χ2v) is 7.74. The van der Waals surface area contributed by atoms with Gasteiger partial charge in [-0.25, -0.2) is 0 Å². The molecule has 0 aromatic heterocycles. The highest BCUT2D eigenvalue weighted by atomic mass is 35.5. The molecule has 0 spiro atoms. The SMILES string of the molecule is COc1cc(/C=C(\C#N)C(=O)NC2CCCCC2)ccc1OCc1ccc(Cl)cc1. The molecule has 0 atom stereocenters. The number of hydrogen-bond acceptors (Lipinski definition) is 4. The van der Waals surface area contributed by atoms with Gasteiger partial charge in [-0.05, 0) is 54.3 Å². The van der Waals surface area contributed by atoms with Gasteiger partial charge in [0.2, 0.25) is 0 Å². The van der Waals surface area contributed by atoms with Crippen LogP contribution in [0.3, 0.4) is 0 Å². The number of rotatable bonds is 7. The van der Waals surface area contributed by atoms with Gasteiger partial charge in [0, 0.05) is 11.1 Å². The summed E-state index contributed by atoms with van der Waals surface area (Å²) in [7, 11) is 1.55. The molecule has 0 unspecified atom stereocenters. The molecule has 2 aromatic rings. The predicted molar refractivity (Wildman–Crippen MR) is 117 cm³/mol. The molecule has 0 bridgehead atoms. The van der Waals surface area contributed by atoms with E-state index in [4.69, 9.17) is 21.1 Å². The first kappa shape index (κ1) is 21.7. The van der Waals surface area contributed by atoms with Gasteiger partial charge < -0.3 is 14.8 Å². The highest BCUT2D eigenvalue weighted by Crippen LogP contribution is 2.30. The van der Waals surface area contributed by atoms with Crippen molar-refractivity contribution in [2.45, 2.75) is 44.8 Å². The minimum Gasteiger partial charge on any atom is -0.493 e. The fourth-order valence-corrected chi connectivity index (χ4v) is 3.59. The van der Waals surface area contributed by atoms with Crippen molar-refractivity contribution in [3.8, 4) is 17.6 Å². The van der Waals surface area contributed by atoms with Crippen LogP contribution in [0.25, 0.3) is 6.08 Å². The summed E-state index contributed by atoms with van der Waals surface area (Å²) in [6.45, 7) is 0.371. The van der Waals surface area contributed by atoms with Gasteiger partial charge >= 0.3 is 0 Å². The van der Waals surface area contributed by atoms with Crippen molar-refractivity contribution in [1.82, 2.24) is 5.32 Å². The zero-order valence-electron chi connectivity index (χ0n) is 17.0. The lowest BCUT2D eigenvalue weighted by Gasteiger charge is -2.22. The Hall–Kier alpha value is -2.97. The van der Waals surface area contributed by atoms with Crippen molar-refractivity contribution in [2.75, 3.05) is 7.11 Å². The highest BCUT2D eigenvalue weighted by molar-refractivity contribution is 6.30. The van der Waals surface area contributed by atoms with Gasteiger partial charge in [-0.3, -0.25) is 4.79 Å². The summed E-state index contributed by atoms with van der Waals surface area (Å²) >= 11 is 5.91. The number of nitrogens with one attached hydrogen (secondary N) is 1. The number of methoxy groups -OCH3 is 1. The highest BCUT2D eigenvalue weighted by Gasteiger charge is 2.18. The molecular weight excluding hydrogens is 400 g/mol. The van der Waals surface area contributed by atoms with E-state index in [1.54, 1.807) is 31.4 Å². The molecule has 1 fully saturated rings. The van der Waals surface area contributed by atoms with E-state index in [-0.39, 0.29) is 17.5 Å². The van der Waals surface area contributed by atoms with Crippen LogP contribution in [-0.4, -0.2) is 19.1 Å². The average molecular weight is 425 g/mol. The van der Waals surface area contributed by atoms with Crippen LogP contribution in [-0.2, 0) is 11.4 Å². The van der Waals surface area contributed by atoms with Crippen LogP contribution >= 0.6 is 11.6 Å². The summed E-state index contributed by atoms with van der Waals surface area (Å²) in [5, 5.41) is 13.1. The van der Waals surface area contributed by atoms with Crippen LogP contribution in [0.2, 0.25) is 5.02 Å². The number of halogens is 1. The monoisotopic (exact) mass is 424 g/mol. The van der Waals surface area contributed by atoms with Crippen molar-refractivity contribution >= 4 is 23.6 Å². The second kappa shape index (κ2) is 10.7. The molecule has 1 N–H and O–H groups in total. The van der Waals surface area contributed by atoms with Gasteiger partial charge in [-0.15, -0.1) is 0 Å². The lowest BCUT2D eigenvalue weighted by Crippen LogP contribution is -2.36. The van der Waals surface area contributed by atoms with Crippen LogP contribution in [0.5, 0.6) is 11.5 Å². The van der Waals surface area contributed by atoms with Crippen molar-refractivity contribution < 1.29 is 14.3 Å². The number of nitrogens with zero attached hydrogens (tertiary/aromatic N) is 1. The first-order chi connectivity index (χ1) is 14.6. The third-order valence-corrected chi connectivity index (χ3v) is 5.36. The summed E-state index contributed by atoms with van der Waals surface area (Å²) in [5.74, 6) is 0.781. The summed E-state index contributed by atoms with van der Waals surface area (Å²) in [6, 6.07) is 14.9. The third kappa shape index (κ3) is 6.01. The largest absolute Gasteiger partial charge is 0.493 e. The minimum atomic E-state index is -0.327. The molecule has 0 aliphatic heterocycles. The maximum absolute atomic E-state index is 12.5. The Kier molecular flexibility index (Phi) is 7.75. The van der Waals surface area contributed by atoms with Crippen LogP contribution in [0, 0.1) is 11.3 Å². The molecule has 3 rings (SSSR count). The molecule has 1 saturated carbocycles. The topological polar surface area (TPSA) is 71.3 Å². The average Bonchev–Trinajstić information content (AvgIpc) is 2.78. The van der Waals surface area contributed by atoms with Crippen molar-refractivity contribution in [3.05, 3.63) is 64.2 Å². The minimum absolute atomic E-state index is 0.0810. The maximum Gasteiger partial charge on any atom is 0.262 e. The standard InChI is InChI=1S/C24H25ClN2O3/c1-29-23-14-18(9-12-22(23)30-16-17-7-10-20(25)11-8-17)13-19(15-26)24(28)27-21-5-3-2-4-6-21/h7-14,21H,2-6,16H2,1H3,(H,27,28)/b19-13+. The Morgan fingerprint density at radius 1 is 1.17 bits per heavy atom. The normalized spacial score (nSPS) is 14.6. The molecule has 1 amide bonds. The molecule has 1 aliphatic rings. The Morgan fingerprint density at radius 3 is 2.57 bits per heavy atom. The quantitative estimate of drug-likeness (QED) is 0.484. The predicted octanol–water partition coefficient (Wildman–Crippen LogP) is 5.28. The van der Waals surface area contributed by atoms with Gasteiger partial charge in [0.1, 0.15) is 18.2 Å². The first-order valence-electron chi connectivity index (χ1n) is 10.1. The number of hydrogen-bond donors (Lipinski definition) is 1. The van der Waals surface area contributed by atoms with Crippen molar-refractivity contribution in [1.29, 1.82) is 5.26 Å². The number of amides is 1. The fraction of sp³-hybridized carbons (Fsp3) is 0.333. The van der Waals surface area contributed by atoms with E-state index >= 15 is 0 Å². The van der Waals surface area contributed by atoms with Crippen LogP contribution in [0.15, 0.2) is 48.0 Å². The molecule has 5 nitrogen and oxygen atoms in total. The van der Waals surface area contributed by atoms with Gasteiger partial charge in [0.05, 0.1) is 7.11 Å². The Labute approximate surface area is 182 Å². The molecular formula is C24H25ClN2O3. The van der Waals surface area contributed by atoms with E-state index in [9.17, 15) is 10.1 Å². The lowest BCUT2D eigenvalue weighted by atomic mass is 9.95. The molecule has 0 saturated heterocycles. The Morgan fingerprint density at radius 2 is 1.90 bits per heavy atom. The number of carbonyl (C=O) groups excluding carboxylic acids is 1. The van der Waals surface area contributed by atoms with Gasteiger partial charge in [-0.2, -0.15) is 5.26 Å². The molecule has 156 valence electrons. The third-order valence-electron chi connectivity index (χ3n) is 5.11. The zero-order valence-corrected chi connectivity index (χ0v) is 17.7. The van der Waals surface area contributed by atoms with Crippen LogP contribution < -0.4 is 14.8 Å². The van der Waals surface area contributed by atoms with Crippen LogP contribution in [0.4, 0.5) is 0 Å². The van der Waals surface area contributed by atoms with E-state index < -0.39 is 0 Å². The number of carbonyl (C=O) groups is 1. The first-order valence-corrected chi connectivity index (χ1v) is 10.4. The molecule has 1 aliphatic carbocycles. The summed E-state index contributed by atoms with van der Waals surface area (Å²) in [6.07, 6.45) is 6.95. The van der Waals surface area contributed by atoms with E-state index in [1.165, 1.54) is 6.42 Å². The van der Waals surface area contributed by atoms with Crippen molar-refractivity contribution in [3.63, 3.8) is 0 Å². The lowest BCUT2D eigenvalue weighted by molar-refractivity contribution is -0.117. The molecule has 6 heteroatoms. The van der Waals surface area contributed by atoms with Gasteiger partial charge in [0.15, 0.2) is 11.5 Å². The molecule has 30 heavy (non-hydrogen) atoms. The van der Waals surface area contributed by atoms with Gasteiger partial charge in [-0.1, -0.05) is 49.1 Å².